The number of halogens is 2. The lowest BCUT2D eigenvalue weighted by Crippen LogP contribution is -2.19. The Balaban J connectivity index is 2.28. The quantitative estimate of drug-likeness (QED) is 0.593. The average Bonchev–Trinajstić information content (AvgIpc) is 2.42. The molecule has 1 amide bonds. The zero-order valence-corrected chi connectivity index (χ0v) is 12.2. The zero-order valence-electron chi connectivity index (χ0n) is 10.6. The van der Waals surface area contributed by atoms with E-state index in [0.717, 1.165) is 10.0 Å². The minimum absolute atomic E-state index is 0.0566. The summed E-state index contributed by atoms with van der Waals surface area (Å²) >= 11 is 3.32. The number of rotatable bonds is 3. The number of nitrogen functional groups attached to an aromatic ring is 1. The zero-order chi connectivity index (χ0) is 14.7. The Labute approximate surface area is 123 Å². The van der Waals surface area contributed by atoms with Gasteiger partial charge in [0.25, 0.3) is 5.91 Å². The monoisotopic (exact) mass is 338 g/mol. The number of anilines is 2. The fourth-order valence-electron chi connectivity index (χ4n) is 1.65. The Morgan fingerprint density at radius 2 is 2.20 bits per heavy atom. The van der Waals surface area contributed by atoms with Crippen LogP contribution in [-0.4, -0.2) is 10.9 Å². The van der Waals surface area contributed by atoms with Gasteiger partial charge in [-0.3, -0.25) is 10.6 Å². The second-order valence-corrected chi connectivity index (χ2v) is 4.93. The summed E-state index contributed by atoms with van der Waals surface area (Å²) in [5.41, 5.74) is 3.16. The molecule has 1 aromatic carbocycles. The summed E-state index contributed by atoms with van der Waals surface area (Å²) in [4.78, 5) is 16.2. The van der Waals surface area contributed by atoms with Gasteiger partial charge in [-0.05, 0) is 46.6 Å². The van der Waals surface area contributed by atoms with Crippen LogP contribution in [0.15, 0.2) is 34.9 Å². The van der Waals surface area contributed by atoms with E-state index in [0.29, 0.717) is 5.82 Å². The summed E-state index contributed by atoms with van der Waals surface area (Å²) < 4.78 is 14.4. The molecule has 20 heavy (non-hydrogen) atoms. The molecular formula is C13H12BrFN4O. The topological polar surface area (TPSA) is 80.0 Å². The number of aryl methyl sites for hydroxylation is 1. The van der Waals surface area contributed by atoms with E-state index < -0.39 is 11.7 Å². The highest BCUT2D eigenvalue weighted by Gasteiger charge is 2.15. The average molecular weight is 339 g/mol. The molecule has 0 unspecified atom stereocenters. The summed E-state index contributed by atoms with van der Waals surface area (Å²) in [5, 5.41) is 2.60. The minimum Gasteiger partial charge on any atom is -0.321 e. The Morgan fingerprint density at radius 3 is 2.85 bits per heavy atom. The summed E-state index contributed by atoms with van der Waals surface area (Å²) in [5.74, 6) is 4.52. The molecule has 0 saturated carbocycles. The van der Waals surface area contributed by atoms with Crippen molar-refractivity contribution < 1.29 is 9.18 Å². The van der Waals surface area contributed by atoms with Crippen LogP contribution in [0.4, 0.5) is 15.9 Å². The molecule has 7 heteroatoms. The molecule has 0 saturated heterocycles. The van der Waals surface area contributed by atoms with Gasteiger partial charge in [-0.2, -0.15) is 0 Å². The van der Waals surface area contributed by atoms with E-state index in [1.54, 1.807) is 12.3 Å². The number of amides is 1. The van der Waals surface area contributed by atoms with Crippen molar-refractivity contribution in [1.29, 1.82) is 0 Å². The summed E-state index contributed by atoms with van der Waals surface area (Å²) in [6.07, 6.45) is 1.58. The molecule has 5 nitrogen and oxygen atoms in total. The van der Waals surface area contributed by atoms with Gasteiger partial charge in [0.15, 0.2) is 0 Å². The third kappa shape index (κ3) is 2.94. The van der Waals surface area contributed by atoms with Crippen LogP contribution >= 0.6 is 15.9 Å². The number of benzene rings is 1. The molecule has 0 atom stereocenters. The molecule has 1 aromatic heterocycles. The molecule has 104 valence electrons. The van der Waals surface area contributed by atoms with Gasteiger partial charge >= 0.3 is 0 Å². The normalized spacial score (nSPS) is 10.2. The highest BCUT2D eigenvalue weighted by atomic mass is 79.9. The summed E-state index contributed by atoms with van der Waals surface area (Å²) in [6.45, 7) is 1.87. The van der Waals surface area contributed by atoms with Crippen molar-refractivity contribution in [2.24, 2.45) is 5.84 Å². The molecule has 0 spiro atoms. The molecule has 1 heterocycles. The summed E-state index contributed by atoms with van der Waals surface area (Å²) in [7, 11) is 0. The van der Waals surface area contributed by atoms with Crippen molar-refractivity contribution in [3.8, 4) is 0 Å². The minimum atomic E-state index is -0.597. The lowest BCUT2D eigenvalue weighted by Gasteiger charge is -2.10. The van der Waals surface area contributed by atoms with Gasteiger partial charge < -0.3 is 10.7 Å². The van der Waals surface area contributed by atoms with E-state index in [2.05, 4.69) is 31.7 Å². The van der Waals surface area contributed by atoms with Crippen molar-refractivity contribution in [2.75, 3.05) is 10.7 Å². The maximum atomic E-state index is 13.5. The number of aromatic nitrogens is 1. The maximum absolute atomic E-state index is 13.5. The number of hydrogen-bond donors (Lipinski definition) is 3. The van der Waals surface area contributed by atoms with Gasteiger partial charge in [-0.1, -0.05) is 6.07 Å². The smallest absolute Gasteiger partial charge is 0.259 e. The van der Waals surface area contributed by atoms with E-state index in [1.165, 1.54) is 18.2 Å². The van der Waals surface area contributed by atoms with E-state index in [9.17, 15) is 9.18 Å². The highest BCUT2D eigenvalue weighted by Crippen LogP contribution is 2.21. The predicted octanol–water partition coefficient (Wildman–Crippen LogP) is 2.83. The Bertz CT molecular complexity index is 663. The van der Waals surface area contributed by atoms with Gasteiger partial charge in [0.1, 0.15) is 11.6 Å². The molecule has 0 fully saturated rings. The summed E-state index contributed by atoms with van der Waals surface area (Å²) in [6, 6.07) is 5.83. The molecule has 0 aliphatic heterocycles. The van der Waals surface area contributed by atoms with Crippen LogP contribution in [0.1, 0.15) is 15.9 Å². The number of nitrogens with two attached hydrogens (primary N) is 1. The van der Waals surface area contributed by atoms with Crippen LogP contribution in [0.5, 0.6) is 0 Å². The molecule has 0 aliphatic rings. The second kappa shape index (κ2) is 5.98. The Morgan fingerprint density at radius 1 is 1.45 bits per heavy atom. The van der Waals surface area contributed by atoms with Crippen molar-refractivity contribution in [1.82, 2.24) is 4.98 Å². The SMILES string of the molecule is Cc1cc(NC(=O)c2cccc(F)c2NN)ncc1Br. The second-order valence-electron chi connectivity index (χ2n) is 4.08. The number of pyridine rings is 1. The van der Waals surface area contributed by atoms with Gasteiger partial charge in [-0.25, -0.2) is 9.37 Å². The van der Waals surface area contributed by atoms with Crippen LogP contribution in [0.3, 0.4) is 0 Å². The Kier molecular flexibility index (Phi) is 4.31. The van der Waals surface area contributed by atoms with Crippen LogP contribution in [-0.2, 0) is 0 Å². The first-order valence-electron chi connectivity index (χ1n) is 5.71. The number of nitrogens with one attached hydrogen (secondary N) is 2. The van der Waals surface area contributed by atoms with Gasteiger partial charge in [0.2, 0.25) is 0 Å². The largest absolute Gasteiger partial charge is 0.321 e. The highest BCUT2D eigenvalue weighted by molar-refractivity contribution is 9.10. The van der Waals surface area contributed by atoms with Gasteiger partial charge in [-0.15, -0.1) is 0 Å². The maximum Gasteiger partial charge on any atom is 0.259 e. The molecule has 0 radical (unpaired) electrons. The van der Waals surface area contributed by atoms with Crippen LogP contribution in [0, 0.1) is 12.7 Å². The molecule has 4 N–H and O–H groups in total. The van der Waals surface area contributed by atoms with E-state index in [4.69, 9.17) is 5.84 Å². The fourth-order valence-corrected chi connectivity index (χ4v) is 1.87. The Hall–Kier alpha value is -1.99. The van der Waals surface area contributed by atoms with Crippen LogP contribution in [0.2, 0.25) is 0 Å². The first-order valence-corrected chi connectivity index (χ1v) is 6.51. The first-order chi connectivity index (χ1) is 9.52. The number of carbonyl (C=O) groups excluding carboxylic acids is 1. The first kappa shape index (κ1) is 14.4. The number of nitrogens with zero attached hydrogens (tertiary/aromatic N) is 1. The molecule has 2 aromatic rings. The van der Waals surface area contributed by atoms with E-state index in [-0.39, 0.29) is 11.3 Å². The number of para-hydroxylation sites is 1. The molecule has 0 bridgehead atoms. The van der Waals surface area contributed by atoms with Crippen molar-refractivity contribution in [2.45, 2.75) is 6.92 Å². The predicted molar refractivity (Wildman–Crippen MR) is 78.8 cm³/mol. The van der Waals surface area contributed by atoms with Crippen LogP contribution < -0.4 is 16.6 Å². The molecule has 0 aliphatic carbocycles. The standard InChI is InChI=1S/C13H12BrFN4O/c1-7-5-11(17-6-9(7)14)18-13(20)8-3-2-4-10(15)12(8)19-16/h2-6,19H,16H2,1H3,(H,17,18,20). The van der Waals surface area contributed by atoms with Gasteiger partial charge in [0, 0.05) is 10.7 Å². The molecular weight excluding hydrogens is 327 g/mol. The van der Waals surface area contributed by atoms with Crippen molar-refractivity contribution in [3.05, 3.63) is 51.9 Å². The number of hydrogen-bond acceptors (Lipinski definition) is 4. The van der Waals surface area contributed by atoms with Gasteiger partial charge in [0.05, 0.1) is 11.3 Å². The van der Waals surface area contributed by atoms with Crippen LogP contribution in [0.25, 0.3) is 0 Å². The van der Waals surface area contributed by atoms with E-state index in [1.807, 2.05) is 6.92 Å². The van der Waals surface area contributed by atoms with E-state index >= 15 is 0 Å². The van der Waals surface area contributed by atoms with Crippen molar-refractivity contribution in [3.63, 3.8) is 0 Å². The number of hydrazine groups is 1. The fraction of sp³-hybridized carbons (Fsp3) is 0.0769. The van der Waals surface area contributed by atoms with Crippen molar-refractivity contribution >= 4 is 33.3 Å². The molecule has 2 rings (SSSR count). The third-order valence-electron chi connectivity index (χ3n) is 2.69. The number of carbonyl (C=O) groups is 1. The lowest BCUT2D eigenvalue weighted by atomic mass is 10.1. The third-order valence-corrected chi connectivity index (χ3v) is 3.52. The lowest BCUT2D eigenvalue weighted by molar-refractivity contribution is 0.102.